The maximum absolute atomic E-state index is 11.6. The van der Waals surface area contributed by atoms with E-state index in [1.165, 1.54) is 6.20 Å². The normalized spacial score (nSPS) is 10.7. The van der Waals surface area contributed by atoms with Crippen molar-refractivity contribution < 1.29 is 14.3 Å². The molecule has 0 spiro atoms. The number of rotatable bonds is 1. The number of carbonyl (C=O) groups excluding carboxylic acids is 2. The predicted octanol–water partition coefficient (Wildman–Crippen LogP) is 2.01. The van der Waals surface area contributed by atoms with Gasteiger partial charge in [0.1, 0.15) is 5.60 Å². The first-order chi connectivity index (χ1) is 8.28. The van der Waals surface area contributed by atoms with Gasteiger partial charge in [0.2, 0.25) is 0 Å². The molecule has 0 saturated carbocycles. The second kappa shape index (κ2) is 5.81. The van der Waals surface area contributed by atoms with Crippen LogP contribution >= 0.6 is 15.9 Å². The lowest BCUT2D eigenvalue weighted by Gasteiger charge is -2.19. The monoisotopic (exact) mass is 315 g/mol. The molecule has 0 unspecified atom stereocenters. The number of hydrogen-bond donors (Lipinski definition) is 2. The molecule has 98 valence electrons. The number of nitrogens with one attached hydrogen (secondary N) is 2. The molecule has 0 fully saturated rings. The van der Waals surface area contributed by atoms with Crippen molar-refractivity contribution in [3.05, 3.63) is 28.5 Å². The molecule has 0 atom stereocenters. The van der Waals surface area contributed by atoms with Gasteiger partial charge >= 0.3 is 6.09 Å². The highest BCUT2D eigenvalue weighted by Gasteiger charge is 2.16. The quantitative estimate of drug-likeness (QED) is 0.777. The number of carbonyl (C=O) groups is 2. The summed E-state index contributed by atoms with van der Waals surface area (Å²) in [7, 11) is 0. The fraction of sp³-hybridized carbons (Fsp3) is 0.364. The lowest BCUT2D eigenvalue weighted by molar-refractivity contribution is 0.0483. The van der Waals surface area contributed by atoms with Crippen LogP contribution in [0.25, 0.3) is 0 Å². The summed E-state index contributed by atoms with van der Waals surface area (Å²) in [4.78, 5) is 26.8. The topological polar surface area (TPSA) is 80.3 Å². The van der Waals surface area contributed by atoms with Crippen molar-refractivity contribution in [2.24, 2.45) is 0 Å². The van der Waals surface area contributed by atoms with E-state index in [0.29, 0.717) is 10.0 Å². The zero-order valence-electron chi connectivity index (χ0n) is 10.3. The zero-order valence-corrected chi connectivity index (χ0v) is 11.9. The Kier molecular flexibility index (Phi) is 4.66. The number of hydrazine groups is 1. The first-order valence-electron chi connectivity index (χ1n) is 5.18. The van der Waals surface area contributed by atoms with Gasteiger partial charge in [-0.1, -0.05) is 0 Å². The van der Waals surface area contributed by atoms with Crippen LogP contribution in [-0.2, 0) is 4.74 Å². The molecular weight excluding hydrogens is 302 g/mol. The van der Waals surface area contributed by atoms with E-state index in [9.17, 15) is 9.59 Å². The lowest BCUT2D eigenvalue weighted by atomic mass is 10.2. The van der Waals surface area contributed by atoms with Gasteiger partial charge in [-0.25, -0.2) is 10.2 Å². The molecule has 1 aromatic rings. The molecule has 6 nitrogen and oxygen atoms in total. The summed E-state index contributed by atoms with van der Waals surface area (Å²) in [6.45, 7) is 5.19. The number of halogens is 1. The standard InChI is InChI=1S/C11H14BrN3O3/c1-11(2,3)18-10(17)15-14-9(16)7-4-8(12)6-13-5-7/h4-6H,1-3H3,(H,14,16)(H,15,17). The minimum atomic E-state index is -0.723. The smallest absolute Gasteiger partial charge is 0.426 e. The Morgan fingerprint density at radius 1 is 1.28 bits per heavy atom. The molecule has 0 saturated heterocycles. The lowest BCUT2D eigenvalue weighted by Crippen LogP contribution is -2.44. The molecule has 0 radical (unpaired) electrons. The van der Waals surface area contributed by atoms with Gasteiger partial charge in [-0.15, -0.1) is 0 Å². The number of amides is 2. The fourth-order valence-electron chi connectivity index (χ4n) is 1.02. The van der Waals surface area contributed by atoms with Crippen molar-refractivity contribution in [1.29, 1.82) is 0 Å². The van der Waals surface area contributed by atoms with Crippen molar-refractivity contribution >= 4 is 27.9 Å². The Morgan fingerprint density at radius 3 is 2.50 bits per heavy atom. The highest BCUT2D eigenvalue weighted by Crippen LogP contribution is 2.09. The molecule has 1 heterocycles. The minimum absolute atomic E-state index is 0.320. The van der Waals surface area contributed by atoms with Crippen LogP contribution in [0.1, 0.15) is 31.1 Å². The summed E-state index contributed by atoms with van der Waals surface area (Å²) in [5.74, 6) is -0.477. The van der Waals surface area contributed by atoms with Gasteiger partial charge in [-0.2, -0.15) is 0 Å². The van der Waals surface area contributed by atoms with Gasteiger partial charge in [0.15, 0.2) is 0 Å². The molecule has 0 aromatic carbocycles. The highest BCUT2D eigenvalue weighted by molar-refractivity contribution is 9.10. The van der Waals surface area contributed by atoms with Crippen LogP contribution in [0.5, 0.6) is 0 Å². The molecule has 0 aliphatic heterocycles. The second-order valence-corrected chi connectivity index (χ2v) is 5.39. The summed E-state index contributed by atoms with van der Waals surface area (Å²) in [6, 6.07) is 1.58. The molecular formula is C11H14BrN3O3. The predicted molar refractivity (Wildman–Crippen MR) is 68.8 cm³/mol. The summed E-state index contributed by atoms with van der Waals surface area (Å²) in [5.41, 5.74) is 4.08. The van der Waals surface area contributed by atoms with Crippen LogP contribution in [0.4, 0.5) is 4.79 Å². The zero-order chi connectivity index (χ0) is 13.8. The Bertz CT molecular complexity index is 457. The summed E-state index contributed by atoms with van der Waals surface area (Å²) < 4.78 is 5.63. The largest absolute Gasteiger partial charge is 0.443 e. The molecule has 0 bridgehead atoms. The third-order valence-corrected chi connectivity index (χ3v) is 2.08. The molecule has 18 heavy (non-hydrogen) atoms. The van der Waals surface area contributed by atoms with Crippen molar-refractivity contribution in [3.8, 4) is 0 Å². The number of nitrogens with zero attached hydrogens (tertiary/aromatic N) is 1. The van der Waals surface area contributed by atoms with Gasteiger partial charge in [-0.05, 0) is 42.8 Å². The summed E-state index contributed by atoms with van der Waals surface area (Å²) in [6.07, 6.45) is 2.22. The van der Waals surface area contributed by atoms with Gasteiger partial charge in [-0.3, -0.25) is 15.2 Å². The van der Waals surface area contributed by atoms with Gasteiger partial charge in [0.25, 0.3) is 5.91 Å². The number of pyridine rings is 1. The van der Waals surface area contributed by atoms with Gasteiger partial charge < -0.3 is 4.74 Å². The number of hydrogen-bond acceptors (Lipinski definition) is 4. The number of ether oxygens (including phenoxy) is 1. The first kappa shape index (κ1) is 14.4. The van der Waals surface area contributed by atoms with E-state index in [-0.39, 0.29) is 0 Å². The average Bonchev–Trinajstić information content (AvgIpc) is 2.23. The van der Waals surface area contributed by atoms with Crippen molar-refractivity contribution in [3.63, 3.8) is 0 Å². The van der Waals surface area contributed by atoms with Crippen LogP contribution in [0.3, 0.4) is 0 Å². The molecule has 2 amide bonds. The first-order valence-corrected chi connectivity index (χ1v) is 5.97. The Balaban J connectivity index is 2.49. The van der Waals surface area contributed by atoms with Gasteiger partial charge in [0.05, 0.1) is 5.56 Å². The van der Waals surface area contributed by atoms with Crippen LogP contribution in [-0.4, -0.2) is 22.6 Å². The maximum atomic E-state index is 11.6. The van der Waals surface area contributed by atoms with Crippen LogP contribution in [0, 0.1) is 0 Å². The van der Waals surface area contributed by atoms with Crippen LogP contribution < -0.4 is 10.9 Å². The van der Waals surface area contributed by atoms with Crippen molar-refractivity contribution in [1.82, 2.24) is 15.8 Å². The molecule has 1 rings (SSSR count). The third kappa shape index (κ3) is 5.13. The summed E-state index contributed by atoms with van der Waals surface area (Å²) >= 11 is 3.20. The van der Waals surface area contributed by atoms with Gasteiger partial charge in [0, 0.05) is 16.9 Å². The van der Waals surface area contributed by atoms with E-state index < -0.39 is 17.6 Å². The highest BCUT2D eigenvalue weighted by atomic mass is 79.9. The Hall–Kier alpha value is -1.63. The third-order valence-electron chi connectivity index (χ3n) is 1.64. The second-order valence-electron chi connectivity index (χ2n) is 4.47. The van der Waals surface area contributed by atoms with E-state index >= 15 is 0 Å². The summed E-state index contributed by atoms with van der Waals surface area (Å²) in [5, 5.41) is 0. The molecule has 0 aliphatic carbocycles. The van der Waals surface area contributed by atoms with E-state index in [0.717, 1.165) is 0 Å². The van der Waals surface area contributed by atoms with E-state index in [4.69, 9.17) is 4.74 Å². The Morgan fingerprint density at radius 2 is 1.94 bits per heavy atom. The maximum Gasteiger partial charge on any atom is 0.426 e. The molecule has 1 aromatic heterocycles. The van der Waals surface area contributed by atoms with Crippen LogP contribution in [0.2, 0.25) is 0 Å². The van der Waals surface area contributed by atoms with E-state index in [1.807, 2.05) is 0 Å². The molecule has 7 heteroatoms. The number of aromatic nitrogens is 1. The van der Waals surface area contributed by atoms with E-state index in [1.54, 1.807) is 33.0 Å². The Labute approximate surface area is 113 Å². The van der Waals surface area contributed by atoms with Crippen molar-refractivity contribution in [2.45, 2.75) is 26.4 Å². The average molecular weight is 316 g/mol. The van der Waals surface area contributed by atoms with Crippen LogP contribution in [0.15, 0.2) is 22.9 Å². The fourth-order valence-corrected chi connectivity index (χ4v) is 1.38. The molecule has 0 aliphatic rings. The minimum Gasteiger partial charge on any atom is -0.443 e. The molecule has 2 N–H and O–H groups in total. The van der Waals surface area contributed by atoms with E-state index in [2.05, 4.69) is 31.8 Å². The SMILES string of the molecule is CC(C)(C)OC(=O)NNC(=O)c1cncc(Br)c1. The van der Waals surface area contributed by atoms with Crippen molar-refractivity contribution in [2.75, 3.05) is 0 Å².